The standard InChI is InChI=1S/C18H24F12O3.2CH4/c1-3-10(2)8-13(15(19,20)21,16(22,23)24)33-9-32-12-6-4-11(5-7-12)14(31,17(25,26)27)18(28,29)30;;/h10-12,31H,3-9H2,1-2H3;2*1H4. The molecule has 1 atom stereocenters. The van der Waals surface area contributed by atoms with E-state index in [0.717, 1.165) is 6.92 Å². The quantitative estimate of drug-likeness (QED) is 0.247. The fraction of sp³-hybridized carbons (Fsp3) is 1.00. The first-order valence-corrected chi connectivity index (χ1v) is 9.88. The van der Waals surface area contributed by atoms with Gasteiger partial charge in [-0.3, -0.25) is 0 Å². The molecule has 1 N–H and O–H groups in total. The van der Waals surface area contributed by atoms with Crippen LogP contribution < -0.4 is 0 Å². The molecule has 0 aliphatic heterocycles. The Morgan fingerprint density at radius 2 is 1.14 bits per heavy atom. The van der Waals surface area contributed by atoms with Gasteiger partial charge in [-0.15, -0.1) is 0 Å². The van der Waals surface area contributed by atoms with Gasteiger partial charge in [0.1, 0.15) is 6.79 Å². The zero-order chi connectivity index (χ0) is 26.1. The van der Waals surface area contributed by atoms with Crippen molar-refractivity contribution < 1.29 is 67.3 Å². The van der Waals surface area contributed by atoms with E-state index in [9.17, 15) is 57.8 Å². The molecule has 0 aromatic rings. The molecule has 15 heteroatoms. The van der Waals surface area contributed by atoms with Crippen LogP contribution in [0, 0.1) is 11.8 Å². The Morgan fingerprint density at radius 3 is 1.46 bits per heavy atom. The summed E-state index contributed by atoms with van der Waals surface area (Å²) in [5.74, 6) is -3.36. The third-order valence-electron chi connectivity index (χ3n) is 5.99. The second-order valence-corrected chi connectivity index (χ2v) is 8.20. The highest BCUT2D eigenvalue weighted by Crippen LogP contribution is 2.52. The number of hydrogen-bond donors (Lipinski definition) is 1. The van der Waals surface area contributed by atoms with E-state index in [2.05, 4.69) is 4.74 Å². The molecule has 1 aliphatic carbocycles. The van der Waals surface area contributed by atoms with Crippen LogP contribution in [-0.2, 0) is 9.47 Å². The van der Waals surface area contributed by atoms with Gasteiger partial charge in [-0.2, -0.15) is 52.7 Å². The summed E-state index contributed by atoms with van der Waals surface area (Å²) in [5.41, 5.74) is -9.56. The summed E-state index contributed by atoms with van der Waals surface area (Å²) in [4.78, 5) is 0. The Balaban J connectivity index is 0. The van der Waals surface area contributed by atoms with Crippen molar-refractivity contribution in [3.8, 4) is 0 Å². The Bertz CT molecular complexity index is 589. The molecular weight excluding hydrogens is 516 g/mol. The van der Waals surface area contributed by atoms with E-state index in [4.69, 9.17) is 4.74 Å². The SMILES string of the molecule is C.C.CCC(C)CC(OCOC1CCC(C(O)(C(F)(F)F)C(F)(F)F)CC1)(C(F)(F)F)C(F)(F)F. The van der Waals surface area contributed by atoms with Crippen molar-refractivity contribution in [1.82, 2.24) is 0 Å². The molecule has 1 rings (SSSR count). The number of halogens is 12. The highest BCUT2D eigenvalue weighted by molar-refractivity contribution is 5.01. The number of alkyl halides is 12. The van der Waals surface area contributed by atoms with Crippen LogP contribution in [0.2, 0.25) is 0 Å². The van der Waals surface area contributed by atoms with Gasteiger partial charge >= 0.3 is 24.7 Å². The Morgan fingerprint density at radius 1 is 0.743 bits per heavy atom. The molecular formula is C20H32F12O3. The van der Waals surface area contributed by atoms with E-state index in [1.165, 1.54) is 6.92 Å². The van der Waals surface area contributed by atoms with Crippen molar-refractivity contribution in [2.75, 3.05) is 6.79 Å². The van der Waals surface area contributed by atoms with Gasteiger partial charge in [0.15, 0.2) is 0 Å². The maximum absolute atomic E-state index is 13.4. The minimum atomic E-state index is -6.04. The molecule has 0 amide bonds. The summed E-state index contributed by atoms with van der Waals surface area (Å²) >= 11 is 0. The Hall–Kier alpha value is -0.960. The predicted octanol–water partition coefficient (Wildman–Crippen LogP) is 7.96. The first-order chi connectivity index (χ1) is 14.6. The first kappa shape index (κ1) is 36.2. The van der Waals surface area contributed by atoms with Crippen LogP contribution in [0.15, 0.2) is 0 Å². The third kappa shape index (κ3) is 7.53. The maximum Gasteiger partial charge on any atom is 0.426 e. The first-order valence-electron chi connectivity index (χ1n) is 9.88. The smallest absolute Gasteiger partial charge is 0.373 e. The second-order valence-electron chi connectivity index (χ2n) is 8.20. The lowest BCUT2D eigenvalue weighted by Crippen LogP contribution is -2.62. The monoisotopic (exact) mass is 548 g/mol. The molecule has 214 valence electrons. The van der Waals surface area contributed by atoms with Crippen LogP contribution >= 0.6 is 0 Å². The van der Waals surface area contributed by atoms with E-state index in [-0.39, 0.29) is 21.3 Å². The van der Waals surface area contributed by atoms with Gasteiger partial charge in [-0.25, -0.2) is 0 Å². The van der Waals surface area contributed by atoms with E-state index in [1.54, 1.807) is 0 Å². The molecule has 0 heterocycles. The lowest BCUT2D eigenvalue weighted by Gasteiger charge is -2.42. The van der Waals surface area contributed by atoms with E-state index >= 15 is 0 Å². The fourth-order valence-corrected chi connectivity index (χ4v) is 3.75. The van der Waals surface area contributed by atoms with Crippen molar-refractivity contribution >= 4 is 0 Å². The van der Waals surface area contributed by atoms with Crippen molar-refractivity contribution in [3.63, 3.8) is 0 Å². The van der Waals surface area contributed by atoms with E-state index in [1.807, 2.05) is 0 Å². The van der Waals surface area contributed by atoms with Crippen LogP contribution in [-0.4, -0.2) is 53.9 Å². The van der Waals surface area contributed by atoms with Gasteiger partial charge in [0.25, 0.3) is 11.2 Å². The molecule has 35 heavy (non-hydrogen) atoms. The number of hydrogen-bond acceptors (Lipinski definition) is 3. The largest absolute Gasteiger partial charge is 0.426 e. The summed E-state index contributed by atoms with van der Waals surface area (Å²) < 4.78 is 167. The van der Waals surface area contributed by atoms with Gasteiger partial charge in [0.2, 0.25) is 0 Å². The minimum absolute atomic E-state index is 0. The van der Waals surface area contributed by atoms with E-state index < -0.39 is 92.7 Å². The Kier molecular flexibility index (Phi) is 12.5. The molecule has 3 nitrogen and oxygen atoms in total. The highest BCUT2D eigenvalue weighted by Gasteiger charge is 2.74. The van der Waals surface area contributed by atoms with Crippen molar-refractivity contribution in [3.05, 3.63) is 0 Å². The average molecular weight is 548 g/mol. The topological polar surface area (TPSA) is 38.7 Å². The zero-order valence-corrected chi connectivity index (χ0v) is 17.5. The van der Waals surface area contributed by atoms with Crippen LogP contribution in [0.3, 0.4) is 0 Å². The van der Waals surface area contributed by atoms with Gasteiger partial charge in [-0.05, 0) is 38.0 Å². The van der Waals surface area contributed by atoms with Crippen LogP contribution in [0.5, 0.6) is 0 Å². The summed E-state index contributed by atoms with van der Waals surface area (Å²) in [6.07, 6.45) is -29.5. The van der Waals surface area contributed by atoms with Crippen molar-refractivity contribution in [1.29, 1.82) is 0 Å². The number of rotatable bonds is 8. The summed E-state index contributed by atoms with van der Waals surface area (Å²) in [7, 11) is 0. The highest BCUT2D eigenvalue weighted by atomic mass is 19.4. The molecule has 1 fully saturated rings. The lowest BCUT2D eigenvalue weighted by atomic mass is 9.75. The molecule has 0 bridgehead atoms. The summed E-state index contributed by atoms with van der Waals surface area (Å²) in [5, 5.41) is 9.40. The van der Waals surface area contributed by atoms with Gasteiger partial charge < -0.3 is 14.6 Å². The van der Waals surface area contributed by atoms with Gasteiger partial charge in [0, 0.05) is 5.92 Å². The number of aliphatic hydroxyl groups is 1. The number of ether oxygens (including phenoxy) is 2. The maximum atomic E-state index is 13.4. The molecule has 1 saturated carbocycles. The Labute approximate surface area is 196 Å². The fourth-order valence-electron chi connectivity index (χ4n) is 3.75. The van der Waals surface area contributed by atoms with E-state index in [0.29, 0.717) is 0 Å². The van der Waals surface area contributed by atoms with Crippen molar-refractivity contribution in [2.45, 2.75) is 109 Å². The van der Waals surface area contributed by atoms with Crippen molar-refractivity contribution in [2.24, 2.45) is 11.8 Å². The average Bonchev–Trinajstić information content (AvgIpc) is 2.63. The third-order valence-corrected chi connectivity index (χ3v) is 5.99. The van der Waals surface area contributed by atoms with Crippen LogP contribution in [0.25, 0.3) is 0 Å². The zero-order valence-electron chi connectivity index (χ0n) is 17.5. The normalized spacial score (nSPS) is 21.7. The molecule has 1 aliphatic rings. The molecule has 0 radical (unpaired) electrons. The van der Waals surface area contributed by atoms with Gasteiger partial charge in [0.05, 0.1) is 6.10 Å². The molecule has 0 aromatic heterocycles. The second kappa shape index (κ2) is 12.1. The molecule has 1 unspecified atom stereocenters. The van der Waals surface area contributed by atoms with Crippen LogP contribution in [0.4, 0.5) is 52.7 Å². The minimum Gasteiger partial charge on any atom is -0.373 e. The summed E-state index contributed by atoms with van der Waals surface area (Å²) in [6, 6.07) is 0. The predicted molar refractivity (Wildman–Crippen MR) is 102 cm³/mol. The van der Waals surface area contributed by atoms with Gasteiger partial charge in [-0.1, -0.05) is 35.1 Å². The lowest BCUT2D eigenvalue weighted by molar-refractivity contribution is -0.400. The van der Waals surface area contributed by atoms with Crippen LogP contribution in [0.1, 0.15) is 67.2 Å². The summed E-state index contributed by atoms with van der Waals surface area (Å²) in [6.45, 7) is 0.994. The molecule has 0 aromatic carbocycles. The molecule has 0 spiro atoms. The molecule has 0 saturated heterocycles.